The lowest BCUT2D eigenvalue weighted by Gasteiger charge is -2.32. The highest BCUT2D eigenvalue weighted by atomic mass is 16.6. The largest absolute Gasteiger partial charge is 0.480 e. The summed E-state index contributed by atoms with van der Waals surface area (Å²) in [6.45, 7) is 6.69. The van der Waals surface area contributed by atoms with E-state index in [2.05, 4.69) is 0 Å². The van der Waals surface area contributed by atoms with Crippen molar-refractivity contribution in [3.05, 3.63) is 0 Å². The lowest BCUT2D eigenvalue weighted by atomic mass is 10.1. The van der Waals surface area contributed by atoms with Crippen LogP contribution in [0.4, 0.5) is 4.79 Å². The molecule has 0 aromatic carbocycles. The molecule has 1 N–H and O–H groups in total. The molecule has 0 aromatic rings. The fourth-order valence-electron chi connectivity index (χ4n) is 1.75. The number of carbonyl (C=O) groups excluding carboxylic acids is 2. The van der Waals surface area contributed by atoms with E-state index < -0.39 is 30.1 Å². The van der Waals surface area contributed by atoms with Gasteiger partial charge >= 0.3 is 18.0 Å². The average molecular weight is 289 g/mol. The van der Waals surface area contributed by atoms with Crippen LogP contribution in [-0.4, -0.2) is 53.3 Å². The Labute approximate surface area is 118 Å². The third kappa shape index (κ3) is 5.07. The number of carboxylic acid groups (broad SMARTS) is 1. The number of esters is 1. The van der Waals surface area contributed by atoms with Crippen molar-refractivity contribution in [1.82, 2.24) is 4.90 Å². The van der Waals surface area contributed by atoms with Gasteiger partial charge in [0.05, 0.1) is 13.2 Å². The highest BCUT2D eigenvalue weighted by Crippen LogP contribution is 2.15. The number of carboxylic acids is 1. The fourth-order valence-corrected chi connectivity index (χ4v) is 1.75. The second-order valence-corrected chi connectivity index (χ2v) is 4.18. The molecule has 0 fully saturated rings. The molecule has 0 spiro atoms. The number of amides is 1. The normalized spacial score (nSPS) is 13.2. The maximum absolute atomic E-state index is 11.9. The first-order valence-corrected chi connectivity index (χ1v) is 6.75. The maximum atomic E-state index is 11.9. The van der Waals surface area contributed by atoms with Crippen molar-refractivity contribution in [2.75, 3.05) is 13.2 Å². The van der Waals surface area contributed by atoms with Crippen LogP contribution in [0.15, 0.2) is 0 Å². The van der Waals surface area contributed by atoms with Crippen LogP contribution in [0.2, 0.25) is 0 Å². The lowest BCUT2D eigenvalue weighted by Crippen LogP contribution is -2.53. The van der Waals surface area contributed by atoms with Gasteiger partial charge in [0.25, 0.3) is 0 Å². The highest BCUT2D eigenvalue weighted by molar-refractivity contribution is 5.86. The first-order valence-electron chi connectivity index (χ1n) is 6.75. The van der Waals surface area contributed by atoms with E-state index in [4.69, 9.17) is 14.6 Å². The summed E-state index contributed by atoms with van der Waals surface area (Å²) in [4.78, 5) is 36.0. The molecule has 0 saturated carbocycles. The van der Waals surface area contributed by atoms with Gasteiger partial charge in [-0.3, -0.25) is 4.90 Å². The minimum Gasteiger partial charge on any atom is -0.480 e. The van der Waals surface area contributed by atoms with E-state index in [1.165, 1.54) is 6.92 Å². The summed E-state index contributed by atoms with van der Waals surface area (Å²) in [5.74, 6) is -1.82. The summed E-state index contributed by atoms with van der Waals surface area (Å²) < 4.78 is 9.76. The summed E-state index contributed by atoms with van der Waals surface area (Å²) in [5.41, 5.74) is 0. The molecule has 0 radical (unpaired) electrons. The molecule has 0 bridgehead atoms. The predicted molar refractivity (Wildman–Crippen MR) is 71.3 cm³/mol. The Morgan fingerprint density at radius 1 is 1.10 bits per heavy atom. The molecule has 7 heteroatoms. The van der Waals surface area contributed by atoms with E-state index in [0.717, 1.165) is 4.90 Å². The van der Waals surface area contributed by atoms with Gasteiger partial charge in [-0.15, -0.1) is 0 Å². The van der Waals surface area contributed by atoms with Crippen LogP contribution in [0, 0.1) is 0 Å². The number of ether oxygens (including phenoxy) is 2. The first kappa shape index (κ1) is 18.2. The molecule has 0 saturated heterocycles. The van der Waals surface area contributed by atoms with Gasteiger partial charge in [-0.1, -0.05) is 13.3 Å². The smallest absolute Gasteiger partial charge is 0.411 e. The van der Waals surface area contributed by atoms with Crippen LogP contribution >= 0.6 is 0 Å². The molecule has 0 aromatic heterocycles. The number of carbonyl (C=O) groups is 3. The Bertz CT molecular complexity index is 344. The van der Waals surface area contributed by atoms with Crippen LogP contribution in [0.3, 0.4) is 0 Å². The summed E-state index contributed by atoms with van der Waals surface area (Å²) in [6, 6.07) is -2.12. The number of nitrogens with zero attached hydrogens (tertiary/aromatic N) is 1. The minimum absolute atomic E-state index is 0.101. The summed E-state index contributed by atoms with van der Waals surface area (Å²) >= 11 is 0. The quantitative estimate of drug-likeness (QED) is 0.683. The molecule has 0 unspecified atom stereocenters. The Hall–Kier alpha value is -1.79. The Kier molecular flexibility index (Phi) is 8.35. The van der Waals surface area contributed by atoms with Gasteiger partial charge in [0, 0.05) is 0 Å². The van der Waals surface area contributed by atoms with Crippen LogP contribution in [-0.2, 0) is 19.1 Å². The molecule has 7 nitrogen and oxygen atoms in total. The van der Waals surface area contributed by atoms with Crippen molar-refractivity contribution in [2.45, 2.75) is 52.6 Å². The number of hydrogen-bond acceptors (Lipinski definition) is 5. The van der Waals surface area contributed by atoms with Crippen molar-refractivity contribution in [2.24, 2.45) is 0 Å². The molecule has 1 amide bonds. The molecule has 0 aliphatic heterocycles. The molecular weight excluding hydrogens is 266 g/mol. The summed E-state index contributed by atoms with van der Waals surface area (Å²) in [7, 11) is 0. The number of aliphatic carboxylic acids is 1. The Balaban J connectivity index is 5.33. The molecule has 20 heavy (non-hydrogen) atoms. The molecule has 116 valence electrons. The van der Waals surface area contributed by atoms with Crippen LogP contribution in [0.5, 0.6) is 0 Å². The summed E-state index contributed by atoms with van der Waals surface area (Å²) in [5, 5.41) is 9.10. The fraction of sp³-hybridized carbons (Fsp3) is 0.769. The Morgan fingerprint density at radius 2 is 1.65 bits per heavy atom. The van der Waals surface area contributed by atoms with E-state index in [0.29, 0.717) is 12.8 Å². The van der Waals surface area contributed by atoms with Crippen LogP contribution < -0.4 is 0 Å². The van der Waals surface area contributed by atoms with Crippen molar-refractivity contribution < 1.29 is 29.0 Å². The zero-order chi connectivity index (χ0) is 15.7. The van der Waals surface area contributed by atoms with Gasteiger partial charge in [0.2, 0.25) is 0 Å². The standard InChI is InChI=1S/C13H23NO6/c1-5-8-10(12(17)19-6-2)14(9(4)11(15)16)13(18)20-7-3/h9-10H,5-8H2,1-4H3,(H,15,16)/t9-,10-/m0/s1. The number of rotatable bonds is 8. The maximum Gasteiger partial charge on any atom is 0.411 e. The van der Waals surface area contributed by atoms with Gasteiger partial charge in [-0.05, 0) is 27.2 Å². The van der Waals surface area contributed by atoms with Crippen molar-refractivity contribution >= 4 is 18.0 Å². The predicted octanol–water partition coefficient (Wildman–Crippen LogP) is 1.65. The number of hydrogen-bond donors (Lipinski definition) is 1. The molecule has 0 rings (SSSR count). The monoisotopic (exact) mass is 289 g/mol. The van der Waals surface area contributed by atoms with Crippen molar-refractivity contribution in [3.8, 4) is 0 Å². The first-order chi connectivity index (χ1) is 9.40. The molecule has 2 atom stereocenters. The van der Waals surface area contributed by atoms with E-state index in [-0.39, 0.29) is 13.2 Å². The third-order valence-corrected chi connectivity index (χ3v) is 2.71. The summed E-state index contributed by atoms with van der Waals surface area (Å²) in [6.07, 6.45) is 0.0926. The van der Waals surface area contributed by atoms with Crippen molar-refractivity contribution in [1.29, 1.82) is 0 Å². The SMILES string of the molecule is CCC[C@@H](C(=O)OCC)N(C(=O)OCC)[C@@H](C)C(=O)O. The zero-order valence-corrected chi connectivity index (χ0v) is 12.4. The lowest BCUT2D eigenvalue weighted by molar-refractivity contribution is -0.153. The topological polar surface area (TPSA) is 93.1 Å². The van der Waals surface area contributed by atoms with Crippen molar-refractivity contribution in [3.63, 3.8) is 0 Å². The van der Waals surface area contributed by atoms with Gasteiger partial charge in [-0.2, -0.15) is 0 Å². The molecular formula is C13H23NO6. The van der Waals surface area contributed by atoms with E-state index >= 15 is 0 Å². The second kappa shape index (κ2) is 9.17. The third-order valence-electron chi connectivity index (χ3n) is 2.71. The average Bonchev–Trinajstić information content (AvgIpc) is 2.38. The molecule has 0 aliphatic rings. The molecule has 0 aliphatic carbocycles. The second-order valence-electron chi connectivity index (χ2n) is 4.18. The minimum atomic E-state index is -1.21. The van der Waals surface area contributed by atoms with Gasteiger partial charge in [0.1, 0.15) is 12.1 Å². The van der Waals surface area contributed by atoms with E-state index in [9.17, 15) is 14.4 Å². The zero-order valence-electron chi connectivity index (χ0n) is 12.4. The Morgan fingerprint density at radius 3 is 2.05 bits per heavy atom. The van der Waals surface area contributed by atoms with Crippen LogP contribution in [0.1, 0.15) is 40.5 Å². The molecule has 0 heterocycles. The van der Waals surface area contributed by atoms with Gasteiger partial charge < -0.3 is 14.6 Å². The highest BCUT2D eigenvalue weighted by Gasteiger charge is 2.37. The van der Waals surface area contributed by atoms with Gasteiger partial charge in [-0.25, -0.2) is 14.4 Å². The van der Waals surface area contributed by atoms with Gasteiger partial charge in [0.15, 0.2) is 0 Å². The van der Waals surface area contributed by atoms with E-state index in [1.54, 1.807) is 13.8 Å². The van der Waals surface area contributed by atoms with Crippen LogP contribution in [0.25, 0.3) is 0 Å². The van der Waals surface area contributed by atoms with E-state index in [1.807, 2.05) is 6.92 Å².